The molecule has 184 valence electrons. The van der Waals surface area contributed by atoms with Crippen LogP contribution in [0.3, 0.4) is 0 Å². The van der Waals surface area contributed by atoms with Gasteiger partial charge in [0.15, 0.2) is 6.61 Å². The van der Waals surface area contributed by atoms with Gasteiger partial charge in [-0.15, -0.1) is 0 Å². The average molecular weight is 475 g/mol. The first-order chi connectivity index (χ1) is 17.0. The van der Waals surface area contributed by atoms with Crippen molar-refractivity contribution in [3.63, 3.8) is 0 Å². The van der Waals surface area contributed by atoms with Crippen LogP contribution in [0.25, 0.3) is 0 Å². The van der Waals surface area contributed by atoms with E-state index in [2.05, 4.69) is 5.32 Å². The molecule has 0 aliphatic rings. The highest BCUT2D eigenvalue weighted by atomic mass is 16.5. The molecule has 0 spiro atoms. The van der Waals surface area contributed by atoms with Crippen LogP contribution in [0.5, 0.6) is 11.5 Å². The van der Waals surface area contributed by atoms with Crippen molar-refractivity contribution in [3.8, 4) is 11.5 Å². The first-order valence-electron chi connectivity index (χ1n) is 11.9. The molecule has 0 aliphatic carbocycles. The Bertz CT molecular complexity index is 1050. The summed E-state index contributed by atoms with van der Waals surface area (Å²) in [5.41, 5.74) is 1.93. The quantitative estimate of drug-likeness (QED) is 0.420. The van der Waals surface area contributed by atoms with Crippen molar-refractivity contribution >= 4 is 11.8 Å². The van der Waals surface area contributed by atoms with Gasteiger partial charge in [-0.3, -0.25) is 9.59 Å². The van der Waals surface area contributed by atoms with Gasteiger partial charge in [0.25, 0.3) is 5.91 Å². The second-order valence-corrected chi connectivity index (χ2v) is 8.82. The molecular weight excluding hydrogens is 440 g/mol. The number of carbonyl (C=O) groups is 2. The molecule has 0 unspecified atom stereocenters. The molecule has 35 heavy (non-hydrogen) atoms. The molecule has 0 aromatic heterocycles. The largest absolute Gasteiger partial charge is 0.497 e. The fraction of sp³-hybridized carbons (Fsp3) is 0.310. The summed E-state index contributed by atoms with van der Waals surface area (Å²) in [6, 6.07) is 25.8. The second-order valence-electron chi connectivity index (χ2n) is 8.82. The molecule has 0 saturated heterocycles. The standard InChI is InChI=1S/C29H34N2O4/c1-22(2)19-30-29(33)27(18-23-10-6-4-7-11-23)31(20-24-12-8-5-9-13-24)28(32)21-35-26-16-14-25(34-3)15-17-26/h4-17,22,27H,18-21H2,1-3H3,(H,30,33)/t27-/m0/s1. The van der Waals surface area contributed by atoms with Crippen molar-refractivity contribution < 1.29 is 19.1 Å². The van der Waals surface area contributed by atoms with Crippen LogP contribution in [0.4, 0.5) is 0 Å². The molecule has 1 N–H and O–H groups in total. The smallest absolute Gasteiger partial charge is 0.261 e. The van der Waals surface area contributed by atoms with Gasteiger partial charge in [-0.05, 0) is 41.3 Å². The minimum Gasteiger partial charge on any atom is -0.497 e. The van der Waals surface area contributed by atoms with Gasteiger partial charge in [0.05, 0.1) is 7.11 Å². The first kappa shape index (κ1) is 25.8. The molecule has 0 saturated carbocycles. The summed E-state index contributed by atoms with van der Waals surface area (Å²) >= 11 is 0. The van der Waals surface area contributed by atoms with E-state index < -0.39 is 6.04 Å². The maximum absolute atomic E-state index is 13.5. The Kier molecular flexibility index (Phi) is 9.72. The molecule has 1 atom stereocenters. The second kappa shape index (κ2) is 13.2. The topological polar surface area (TPSA) is 67.9 Å². The third-order valence-corrected chi connectivity index (χ3v) is 5.57. The molecule has 6 heteroatoms. The molecule has 3 aromatic carbocycles. The van der Waals surface area contributed by atoms with E-state index in [0.717, 1.165) is 11.1 Å². The van der Waals surface area contributed by atoms with Crippen LogP contribution in [0.1, 0.15) is 25.0 Å². The van der Waals surface area contributed by atoms with E-state index >= 15 is 0 Å². The van der Waals surface area contributed by atoms with Crippen LogP contribution in [-0.2, 0) is 22.6 Å². The minimum atomic E-state index is -0.677. The molecule has 6 nitrogen and oxygen atoms in total. The van der Waals surface area contributed by atoms with Crippen LogP contribution < -0.4 is 14.8 Å². The number of benzene rings is 3. The summed E-state index contributed by atoms with van der Waals surface area (Å²) in [6.45, 7) is 4.75. The average Bonchev–Trinajstić information content (AvgIpc) is 2.89. The van der Waals surface area contributed by atoms with Crippen LogP contribution >= 0.6 is 0 Å². The van der Waals surface area contributed by atoms with E-state index in [-0.39, 0.29) is 18.4 Å². The fourth-order valence-electron chi connectivity index (χ4n) is 3.66. The van der Waals surface area contributed by atoms with Gasteiger partial charge in [-0.1, -0.05) is 74.5 Å². The zero-order chi connectivity index (χ0) is 25.0. The van der Waals surface area contributed by atoms with Crippen molar-refractivity contribution in [1.82, 2.24) is 10.2 Å². The van der Waals surface area contributed by atoms with Crippen molar-refractivity contribution in [2.75, 3.05) is 20.3 Å². The number of nitrogens with zero attached hydrogens (tertiary/aromatic N) is 1. The Labute approximate surface area is 207 Å². The number of hydrogen-bond acceptors (Lipinski definition) is 4. The predicted octanol–water partition coefficient (Wildman–Crippen LogP) is 4.49. The summed E-state index contributed by atoms with van der Waals surface area (Å²) in [4.78, 5) is 28.5. The van der Waals surface area contributed by atoms with Gasteiger partial charge in [0.1, 0.15) is 17.5 Å². The minimum absolute atomic E-state index is 0.170. The highest BCUT2D eigenvalue weighted by Crippen LogP contribution is 2.19. The van der Waals surface area contributed by atoms with Gasteiger partial charge < -0.3 is 19.7 Å². The Balaban J connectivity index is 1.85. The molecular formula is C29H34N2O4. The third kappa shape index (κ3) is 8.18. The lowest BCUT2D eigenvalue weighted by Crippen LogP contribution is -2.52. The summed E-state index contributed by atoms with van der Waals surface area (Å²) in [6.07, 6.45) is 0.409. The maximum Gasteiger partial charge on any atom is 0.261 e. The van der Waals surface area contributed by atoms with Crippen LogP contribution in [0, 0.1) is 5.92 Å². The van der Waals surface area contributed by atoms with Crippen molar-refractivity contribution in [2.24, 2.45) is 5.92 Å². The monoisotopic (exact) mass is 474 g/mol. The Morgan fingerprint density at radius 3 is 1.97 bits per heavy atom. The highest BCUT2D eigenvalue weighted by Gasteiger charge is 2.30. The lowest BCUT2D eigenvalue weighted by Gasteiger charge is -2.31. The van der Waals surface area contributed by atoms with Gasteiger partial charge >= 0.3 is 0 Å². The third-order valence-electron chi connectivity index (χ3n) is 5.57. The predicted molar refractivity (Wildman–Crippen MR) is 137 cm³/mol. The van der Waals surface area contributed by atoms with E-state index in [0.29, 0.717) is 36.9 Å². The zero-order valence-electron chi connectivity index (χ0n) is 20.6. The van der Waals surface area contributed by atoms with Gasteiger partial charge in [-0.2, -0.15) is 0 Å². The number of nitrogens with one attached hydrogen (secondary N) is 1. The summed E-state index contributed by atoms with van der Waals surface area (Å²) in [5.74, 6) is 1.14. The fourth-order valence-corrected chi connectivity index (χ4v) is 3.66. The van der Waals surface area contributed by atoms with Gasteiger partial charge in [0, 0.05) is 19.5 Å². The molecule has 2 amide bonds. The number of carbonyl (C=O) groups excluding carboxylic acids is 2. The number of methoxy groups -OCH3 is 1. The molecule has 0 aliphatic heterocycles. The highest BCUT2D eigenvalue weighted by molar-refractivity contribution is 5.88. The van der Waals surface area contributed by atoms with Crippen LogP contribution in [0.2, 0.25) is 0 Å². The SMILES string of the molecule is COc1ccc(OCC(=O)N(Cc2ccccc2)[C@@H](Cc2ccccc2)C(=O)NCC(C)C)cc1. The normalized spacial score (nSPS) is 11.5. The Hall–Kier alpha value is -3.80. The Morgan fingerprint density at radius 2 is 1.40 bits per heavy atom. The van der Waals surface area contributed by atoms with E-state index in [1.54, 1.807) is 36.3 Å². The number of rotatable bonds is 12. The van der Waals surface area contributed by atoms with E-state index in [4.69, 9.17) is 9.47 Å². The van der Waals surface area contributed by atoms with E-state index in [9.17, 15) is 9.59 Å². The van der Waals surface area contributed by atoms with Crippen LogP contribution in [0.15, 0.2) is 84.9 Å². The molecule has 3 rings (SSSR count). The number of amides is 2. The number of hydrogen-bond donors (Lipinski definition) is 1. The van der Waals surface area contributed by atoms with E-state index in [1.807, 2.05) is 74.5 Å². The van der Waals surface area contributed by atoms with Crippen LogP contribution in [-0.4, -0.2) is 43.0 Å². The van der Waals surface area contributed by atoms with Crippen molar-refractivity contribution in [3.05, 3.63) is 96.1 Å². The van der Waals surface area contributed by atoms with Crippen molar-refractivity contribution in [2.45, 2.75) is 32.9 Å². The molecule has 3 aromatic rings. The summed E-state index contributed by atoms with van der Waals surface area (Å²) in [5, 5.41) is 3.02. The Morgan fingerprint density at radius 1 is 0.829 bits per heavy atom. The first-order valence-corrected chi connectivity index (χ1v) is 11.9. The van der Waals surface area contributed by atoms with Gasteiger partial charge in [0.2, 0.25) is 5.91 Å². The molecule has 0 bridgehead atoms. The summed E-state index contributed by atoms with van der Waals surface area (Å²) < 4.78 is 11.0. The lowest BCUT2D eigenvalue weighted by molar-refractivity contribution is -0.142. The lowest BCUT2D eigenvalue weighted by atomic mass is 10.0. The zero-order valence-corrected chi connectivity index (χ0v) is 20.6. The summed E-state index contributed by atoms with van der Waals surface area (Å²) in [7, 11) is 1.60. The molecule has 0 heterocycles. The molecule has 0 radical (unpaired) electrons. The maximum atomic E-state index is 13.5. The number of ether oxygens (including phenoxy) is 2. The van der Waals surface area contributed by atoms with E-state index in [1.165, 1.54) is 0 Å². The van der Waals surface area contributed by atoms with Gasteiger partial charge in [-0.25, -0.2) is 0 Å². The molecule has 0 fully saturated rings. The van der Waals surface area contributed by atoms with Crippen molar-refractivity contribution in [1.29, 1.82) is 0 Å².